The van der Waals surface area contributed by atoms with Gasteiger partial charge in [-0.25, -0.2) is 13.4 Å². The number of aromatic nitrogens is 1. The van der Waals surface area contributed by atoms with Gasteiger partial charge in [-0.2, -0.15) is 0 Å². The van der Waals surface area contributed by atoms with Crippen LogP contribution < -0.4 is 10.0 Å². The van der Waals surface area contributed by atoms with Crippen LogP contribution >= 0.6 is 0 Å². The summed E-state index contributed by atoms with van der Waals surface area (Å²) in [5.74, 6) is 0.325. The van der Waals surface area contributed by atoms with E-state index in [4.69, 9.17) is 4.74 Å². The molecule has 0 unspecified atom stereocenters. The van der Waals surface area contributed by atoms with Crippen LogP contribution in [-0.2, 0) is 14.8 Å². The van der Waals surface area contributed by atoms with Crippen LogP contribution in [0.2, 0.25) is 0 Å². The van der Waals surface area contributed by atoms with Gasteiger partial charge in [-0.3, -0.25) is 9.62 Å². The lowest BCUT2D eigenvalue weighted by molar-refractivity contribution is 0.0398. The Labute approximate surface area is 119 Å². The first-order valence-corrected chi connectivity index (χ1v) is 8.40. The van der Waals surface area contributed by atoms with Crippen LogP contribution in [0.3, 0.4) is 0 Å². The fourth-order valence-electron chi connectivity index (χ4n) is 1.93. The van der Waals surface area contributed by atoms with Gasteiger partial charge in [0, 0.05) is 26.2 Å². The lowest BCUT2D eigenvalue weighted by atomic mass is 10.3. The molecule has 0 aliphatic carbocycles. The Kier molecular flexibility index (Phi) is 5.16. The summed E-state index contributed by atoms with van der Waals surface area (Å²) in [5.41, 5.74) is 0.873. The maximum absolute atomic E-state index is 11.1. The van der Waals surface area contributed by atoms with Crippen molar-refractivity contribution < 1.29 is 13.2 Å². The molecule has 0 aromatic carbocycles. The average Bonchev–Trinajstić information content (AvgIpc) is 2.40. The van der Waals surface area contributed by atoms with E-state index in [1.54, 1.807) is 18.3 Å². The predicted octanol–water partition coefficient (Wildman–Crippen LogP) is 0.197. The second kappa shape index (κ2) is 6.87. The number of pyridine rings is 1. The monoisotopic (exact) mass is 300 g/mol. The van der Waals surface area contributed by atoms with E-state index >= 15 is 0 Å². The smallest absolute Gasteiger partial charge is 0.230 e. The maximum atomic E-state index is 11.1. The number of ether oxygens (including phenoxy) is 1. The van der Waals surface area contributed by atoms with Gasteiger partial charge >= 0.3 is 0 Å². The molecule has 1 saturated heterocycles. The zero-order valence-electron chi connectivity index (χ0n) is 11.5. The Morgan fingerprint density at radius 3 is 2.70 bits per heavy atom. The highest BCUT2D eigenvalue weighted by Crippen LogP contribution is 2.10. The van der Waals surface area contributed by atoms with Gasteiger partial charge in [-0.15, -0.1) is 0 Å². The molecule has 0 atom stereocenters. The van der Waals surface area contributed by atoms with Gasteiger partial charge in [0.15, 0.2) is 0 Å². The third-order valence-corrected chi connectivity index (χ3v) is 3.49. The first kappa shape index (κ1) is 15.0. The van der Waals surface area contributed by atoms with Crippen molar-refractivity contribution in [2.75, 3.05) is 55.7 Å². The Morgan fingerprint density at radius 1 is 1.35 bits per heavy atom. The van der Waals surface area contributed by atoms with Crippen LogP contribution in [0.25, 0.3) is 0 Å². The molecule has 1 fully saturated rings. The topological polar surface area (TPSA) is 83.6 Å². The zero-order chi connectivity index (χ0) is 14.4. The van der Waals surface area contributed by atoms with Gasteiger partial charge in [-0.1, -0.05) is 0 Å². The Morgan fingerprint density at radius 2 is 2.10 bits per heavy atom. The molecule has 0 saturated carbocycles. The summed E-state index contributed by atoms with van der Waals surface area (Å²) in [5, 5.41) is 3.26. The first-order chi connectivity index (χ1) is 9.53. The average molecular weight is 300 g/mol. The maximum Gasteiger partial charge on any atom is 0.230 e. The highest BCUT2D eigenvalue weighted by Gasteiger charge is 2.09. The molecular formula is C12H20N4O3S. The Bertz CT molecular complexity index is 512. The van der Waals surface area contributed by atoms with Crippen molar-refractivity contribution >= 4 is 21.5 Å². The molecule has 1 aliphatic rings. The van der Waals surface area contributed by atoms with Crippen molar-refractivity contribution in [3.63, 3.8) is 0 Å². The molecule has 0 bridgehead atoms. The van der Waals surface area contributed by atoms with E-state index in [1.807, 2.05) is 0 Å². The number of morpholine rings is 1. The van der Waals surface area contributed by atoms with Gasteiger partial charge in [0.05, 0.1) is 31.4 Å². The molecule has 2 heterocycles. The summed E-state index contributed by atoms with van der Waals surface area (Å²) in [6.07, 6.45) is 2.72. The molecule has 8 heteroatoms. The second-order valence-electron chi connectivity index (χ2n) is 4.69. The van der Waals surface area contributed by atoms with Crippen molar-refractivity contribution in [1.29, 1.82) is 0 Å². The summed E-state index contributed by atoms with van der Waals surface area (Å²) in [6.45, 7) is 5.31. The SMILES string of the molecule is CS(=O)(=O)Nc1ccc(NCCN2CCOCC2)cn1. The van der Waals surface area contributed by atoms with Gasteiger partial charge in [0.1, 0.15) is 5.82 Å². The minimum Gasteiger partial charge on any atom is -0.383 e. The Balaban J connectivity index is 1.76. The van der Waals surface area contributed by atoms with E-state index in [1.165, 1.54) is 0 Å². The van der Waals surface area contributed by atoms with E-state index in [2.05, 4.69) is 19.9 Å². The largest absolute Gasteiger partial charge is 0.383 e. The standard InChI is InChI=1S/C12H20N4O3S/c1-20(17,18)15-12-3-2-11(10-14-12)13-4-5-16-6-8-19-9-7-16/h2-3,10,13H,4-9H2,1H3,(H,14,15). The van der Waals surface area contributed by atoms with Crippen molar-refractivity contribution in [1.82, 2.24) is 9.88 Å². The van der Waals surface area contributed by atoms with Gasteiger partial charge in [-0.05, 0) is 12.1 Å². The highest BCUT2D eigenvalue weighted by molar-refractivity contribution is 7.92. The fourth-order valence-corrected chi connectivity index (χ4v) is 2.43. The van der Waals surface area contributed by atoms with E-state index in [0.717, 1.165) is 51.3 Å². The molecule has 112 valence electrons. The number of rotatable bonds is 6. The minimum atomic E-state index is -3.27. The van der Waals surface area contributed by atoms with Crippen molar-refractivity contribution in [2.45, 2.75) is 0 Å². The second-order valence-corrected chi connectivity index (χ2v) is 6.44. The third kappa shape index (κ3) is 5.32. The number of nitrogens with zero attached hydrogens (tertiary/aromatic N) is 2. The molecule has 20 heavy (non-hydrogen) atoms. The normalized spacial score (nSPS) is 16.9. The molecule has 0 spiro atoms. The van der Waals surface area contributed by atoms with Crippen molar-refractivity contribution in [3.8, 4) is 0 Å². The van der Waals surface area contributed by atoms with Gasteiger partial charge in [0.25, 0.3) is 0 Å². The van der Waals surface area contributed by atoms with E-state index in [0.29, 0.717) is 5.82 Å². The summed E-state index contributed by atoms with van der Waals surface area (Å²) in [7, 11) is -3.27. The lowest BCUT2D eigenvalue weighted by Gasteiger charge is -2.26. The molecule has 1 aromatic rings. The van der Waals surface area contributed by atoms with E-state index in [-0.39, 0.29) is 0 Å². The Hall–Kier alpha value is -1.38. The molecule has 2 N–H and O–H groups in total. The van der Waals surface area contributed by atoms with Crippen LogP contribution in [-0.4, -0.2) is 64.0 Å². The lowest BCUT2D eigenvalue weighted by Crippen LogP contribution is -2.39. The number of anilines is 2. The minimum absolute atomic E-state index is 0.325. The summed E-state index contributed by atoms with van der Waals surface area (Å²) < 4.78 is 29.7. The van der Waals surface area contributed by atoms with Crippen LogP contribution in [0.5, 0.6) is 0 Å². The van der Waals surface area contributed by atoms with Crippen LogP contribution in [0.15, 0.2) is 18.3 Å². The molecule has 0 amide bonds. The molecular weight excluding hydrogens is 280 g/mol. The molecule has 7 nitrogen and oxygen atoms in total. The molecule has 0 radical (unpaired) electrons. The quantitative estimate of drug-likeness (QED) is 0.781. The zero-order valence-corrected chi connectivity index (χ0v) is 12.3. The summed E-state index contributed by atoms with van der Waals surface area (Å²) in [4.78, 5) is 6.38. The van der Waals surface area contributed by atoms with Crippen LogP contribution in [0.4, 0.5) is 11.5 Å². The molecule has 1 aliphatic heterocycles. The van der Waals surface area contributed by atoms with Crippen molar-refractivity contribution in [3.05, 3.63) is 18.3 Å². The van der Waals surface area contributed by atoms with Crippen LogP contribution in [0, 0.1) is 0 Å². The first-order valence-electron chi connectivity index (χ1n) is 6.51. The predicted molar refractivity (Wildman–Crippen MR) is 78.5 cm³/mol. The summed E-state index contributed by atoms with van der Waals surface area (Å²) in [6, 6.07) is 3.44. The van der Waals surface area contributed by atoms with Crippen LogP contribution in [0.1, 0.15) is 0 Å². The van der Waals surface area contributed by atoms with Gasteiger partial charge in [0.2, 0.25) is 10.0 Å². The number of hydrogen-bond donors (Lipinski definition) is 2. The number of sulfonamides is 1. The van der Waals surface area contributed by atoms with E-state index in [9.17, 15) is 8.42 Å². The van der Waals surface area contributed by atoms with E-state index < -0.39 is 10.0 Å². The fraction of sp³-hybridized carbons (Fsp3) is 0.583. The number of hydrogen-bond acceptors (Lipinski definition) is 6. The molecule has 2 rings (SSSR count). The summed E-state index contributed by atoms with van der Waals surface area (Å²) >= 11 is 0. The van der Waals surface area contributed by atoms with Crippen molar-refractivity contribution in [2.24, 2.45) is 0 Å². The highest BCUT2D eigenvalue weighted by atomic mass is 32.2. The molecule has 1 aromatic heterocycles. The number of nitrogens with one attached hydrogen (secondary N) is 2. The van der Waals surface area contributed by atoms with Gasteiger partial charge < -0.3 is 10.1 Å². The third-order valence-electron chi connectivity index (χ3n) is 2.91.